The summed E-state index contributed by atoms with van der Waals surface area (Å²) in [6, 6.07) is 0. The van der Waals surface area contributed by atoms with Crippen molar-refractivity contribution in [2.45, 2.75) is 45.8 Å². The Morgan fingerprint density at radius 3 is 2.31 bits per heavy atom. The van der Waals surface area contributed by atoms with Gasteiger partial charge in [0.15, 0.2) is 0 Å². The summed E-state index contributed by atoms with van der Waals surface area (Å²) in [7, 11) is 0. The molecule has 0 aliphatic carbocycles. The van der Waals surface area contributed by atoms with Crippen molar-refractivity contribution < 1.29 is 13.9 Å². The SMILES string of the molecule is CCCOCCOCC(F)CNC(C)(C)C. The molecule has 3 nitrogen and oxygen atoms in total. The van der Waals surface area contributed by atoms with E-state index in [0.29, 0.717) is 19.8 Å². The van der Waals surface area contributed by atoms with Crippen molar-refractivity contribution >= 4 is 0 Å². The van der Waals surface area contributed by atoms with Crippen LogP contribution in [0.5, 0.6) is 0 Å². The first-order chi connectivity index (χ1) is 7.45. The summed E-state index contributed by atoms with van der Waals surface area (Å²) >= 11 is 0. The molecule has 0 radical (unpaired) electrons. The second kappa shape index (κ2) is 8.90. The molecule has 16 heavy (non-hydrogen) atoms. The van der Waals surface area contributed by atoms with Crippen molar-refractivity contribution in [3.8, 4) is 0 Å². The average molecular weight is 235 g/mol. The van der Waals surface area contributed by atoms with Crippen molar-refractivity contribution in [3.63, 3.8) is 0 Å². The normalized spacial score (nSPS) is 14.1. The minimum atomic E-state index is -0.953. The third kappa shape index (κ3) is 11.9. The Hall–Kier alpha value is -0.190. The van der Waals surface area contributed by atoms with Crippen molar-refractivity contribution in [2.75, 3.05) is 33.0 Å². The van der Waals surface area contributed by atoms with Crippen LogP contribution in [-0.2, 0) is 9.47 Å². The first-order valence-corrected chi connectivity index (χ1v) is 6.00. The van der Waals surface area contributed by atoms with E-state index in [2.05, 4.69) is 12.2 Å². The van der Waals surface area contributed by atoms with Gasteiger partial charge in [0.1, 0.15) is 6.17 Å². The molecule has 0 aromatic rings. The number of nitrogens with one attached hydrogen (secondary N) is 1. The average Bonchev–Trinajstić information content (AvgIpc) is 2.19. The first-order valence-electron chi connectivity index (χ1n) is 6.00. The lowest BCUT2D eigenvalue weighted by atomic mass is 10.1. The van der Waals surface area contributed by atoms with Crippen LogP contribution in [-0.4, -0.2) is 44.7 Å². The maximum absolute atomic E-state index is 13.3. The van der Waals surface area contributed by atoms with Crippen molar-refractivity contribution in [1.82, 2.24) is 5.32 Å². The zero-order valence-electron chi connectivity index (χ0n) is 11.0. The third-order valence-electron chi connectivity index (χ3n) is 1.87. The lowest BCUT2D eigenvalue weighted by Gasteiger charge is -2.21. The van der Waals surface area contributed by atoms with Crippen LogP contribution in [0.1, 0.15) is 34.1 Å². The van der Waals surface area contributed by atoms with Gasteiger partial charge in [-0.3, -0.25) is 0 Å². The summed E-state index contributed by atoms with van der Waals surface area (Å²) in [6.07, 6.45) is 0.0479. The molecule has 0 aromatic carbocycles. The van der Waals surface area contributed by atoms with Crippen LogP contribution in [0.15, 0.2) is 0 Å². The van der Waals surface area contributed by atoms with Crippen LogP contribution >= 0.6 is 0 Å². The fraction of sp³-hybridized carbons (Fsp3) is 1.00. The molecule has 0 amide bonds. The minimum Gasteiger partial charge on any atom is -0.379 e. The summed E-state index contributed by atoms with van der Waals surface area (Å²) < 4.78 is 23.7. The molecular weight excluding hydrogens is 209 g/mol. The van der Waals surface area contributed by atoms with Crippen LogP contribution < -0.4 is 5.32 Å². The van der Waals surface area contributed by atoms with Crippen LogP contribution in [0.25, 0.3) is 0 Å². The topological polar surface area (TPSA) is 30.5 Å². The maximum Gasteiger partial charge on any atom is 0.136 e. The van der Waals surface area contributed by atoms with Gasteiger partial charge in [0.05, 0.1) is 19.8 Å². The summed E-state index contributed by atoms with van der Waals surface area (Å²) in [5.41, 5.74) is -0.0470. The second-order valence-electron chi connectivity index (χ2n) is 4.92. The number of halogens is 1. The Kier molecular flexibility index (Phi) is 8.80. The van der Waals surface area contributed by atoms with Crippen molar-refractivity contribution in [1.29, 1.82) is 0 Å². The highest BCUT2D eigenvalue weighted by atomic mass is 19.1. The summed E-state index contributed by atoms with van der Waals surface area (Å²) in [5.74, 6) is 0. The van der Waals surface area contributed by atoms with Gasteiger partial charge in [-0.25, -0.2) is 4.39 Å². The van der Waals surface area contributed by atoms with Crippen LogP contribution in [0.4, 0.5) is 4.39 Å². The van der Waals surface area contributed by atoms with E-state index in [1.807, 2.05) is 20.8 Å². The number of alkyl halides is 1. The molecule has 0 aromatic heterocycles. The molecule has 0 spiro atoms. The summed E-state index contributed by atoms with van der Waals surface area (Å²) in [6.45, 7) is 10.3. The Morgan fingerprint density at radius 2 is 1.75 bits per heavy atom. The molecule has 1 atom stereocenters. The highest BCUT2D eigenvalue weighted by Gasteiger charge is 2.13. The van der Waals surface area contributed by atoms with E-state index < -0.39 is 6.17 Å². The van der Waals surface area contributed by atoms with Gasteiger partial charge in [0.2, 0.25) is 0 Å². The van der Waals surface area contributed by atoms with E-state index in [0.717, 1.165) is 13.0 Å². The van der Waals surface area contributed by atoms with Crippen LogP contribution in [0, 0.1) is 0 Å². The molecule has 0 bridgehead atoms. The highest BCUT2D eigenvalue weighted by molar-refractivity contribution is 4.72. The molecular formula is C12H26FNO2. The first kappa shape index (κ1) is 15.8. The molecule has 0 saturated carbocycles. The minimum absolute atomic E-state index is 0.0470. The second-order valence-corrected chi connectivity index (χ2v) is 4.92. The van der Waals surface area contributed by atoms with Gasteiger partial charge in [0, 0.05) is 18.7 Å². The fourth-order valence-electron chi connectivity index (χ4n) is 1.05. The monoisotopic (exact) mass is 235 g/mol. The van der Waals surface area contributed by atoms with Gasteiger partial charge in [-0.05, 0) is 27.2 Å². The van der Waals surface area contributed by atoms with E-state index >= 15 is 0 Å². The Balaban J connectivity index is 3.27. The molecule has 0 heterocycles. The lowest BCUT2D eigenvalue weighted by Crippen LogP contribution is -2.40. The molecule has 0 aliphatic rings. The Morgan fingerprint density at radius 1 is 1.12 bits per heavy atom. The highest BCUT2D eigenvalue weighted by Crippen LogP contribution is 2.00. The molecule has 0 fully saturated rings. The van der Waals surface area contributed by atoms with Crippen molar-refractivity contribution in [3.05, 3.63) is 0 Å². The molecule has 0 saturated heterocycles. The van der Waals surface area contributed by atoms with Crippen molar-refractivity contribution in [2.24, 2.45) is 0 Å². The zero-order valence-corrected chi connectivity index (χ0v) is 11.0. The zero-order chi connectivity index (χ0) is 12.4. The van der Waals surface area contributed by atoms with E-state index in [-0.39, 0.29) is 12.1 Å². The van der Waals surface area contributed by atoms with Gasteiger partial charge in [-0.2, -0.15) is 0 Å². The number of hydrogen-bond acceptors (Lipinski definition) is 3. The van der Waals surface area contributed by atoms with Gasteiger partial charge in [-0.15, -0.1) is 0 Å². The summed E-state index contributed by atoms with van der Waals surface area (Å²) in [5, 5.41) is 3.10. The largest absolute Gasteiger partial charge is 0.379 e. The molecule has 0 rings (SSSR count). The van der Waals surface area contributed by atoms with E-state index in [4.69, 9.17) is 9.47 Å². The lowest BCUT2D eigenvalue weighted by molar-refractivity contribution is 0.0255. The number of rotatable bonds is 9. The smallest absolute Gasteiger partial charge is 0.136 e. The molecule has 1 N–H and O–H groups in total. The van der Waals surface area contributed by atoms with Gasteiger partial charge in [0.25, 0.3) is 0 Å². The fourth-order valence-corrected chi connectivity index (χ4v) is 1.05. The van der Waals surface area contributed by atoms with Gasteiger partial charge in [-0.1, -0.05) is 6.92 Å². The molecule has 4 heteroatoms. The van der Waals surface area contributed by atoms with Gasteiger partial charge >= 0.3 is 0 Å². The Labute approximate surface area is 98.7 Å². The molecule has 98 valence electrons. The predicted octanol–water partition coefficient (Wildman–Crippen LogP) is 2.16. The van der Waals surface area contributed by atoms with Crippen LogP contribution in [0.3, 0.4) is 0 Å². The maximum atomic E-state index is 13.3. The molecule has 1 unspecified atom stereocenters. The van der Waals surface area contributed by atoms with E-state index in [9.17, 15) is 4.39 Å². The number of ether oxygens (including phenoxy) is 2. The predicted molar refractivity (Wildman–Crippen MR) is 64.6 cm³/mol. The third-order valence-corrected chi connectivity index (χ3v) is 1.87. The van der Waals surface area contributed by atoms with E-state index in [1.165, 1.54) is 0 Å². The van der Waals surface area contributed by atoms with E-state index in [1.54, 1.807) is 0 Å². The quantitative estimate of drug-likeness (QED) is 0.621. The molecule has 0 aliphatic heterocycles. The number of hydrogen-bond donors (Lipinski definition) is 1. The Bertz CT molecular complexity index is 160. The summed E-state index contributed by atoms with van der Waals surface area (Å²) in [4.78, 5) is 0. The van der Waals surface area contributed by atoms with Crippen LogP contribution in [0.2, 0.25) is 0 Å². The van der Waals surface area contributed by atoms with Gasteiger partial charge < -0.3 is 14.8 Å². The standard InChI is InChI=1S/C12H26FNO2/c1-5-6-15-7-8-16-10-11(13)9-14-12(2,3)4/h11,14H,5-10H2,1-4H3.